The van der Waals surface area contributed by atoms with Gasteiger partial charge in [0.05, 0.1) is 11.5 Å². The van der Waals surface area contributed by atoms with Gasteiger partial charge in [0.15, 0.2) is 0 Å². The van der Waals surface area contributed by atoms with Crippen LogP contribution >= 0.6 is 0 Å². The van der Waals surface area contributed by atoms with Gasteiger partial charge < -0.3 is 25.8 Å². The molecule has 8 heteroatoms. The number of amides is 1. The van der Waals surface area contributed by atoms with Gasteiger partial charge in [0.1, 0.15) is 0 Å². The van der Waals surface area contributed by atoms with Crippen LogP contribution in [0.4, 0.5) is 0 Å². The predicted octanol–water partition coefficient (Wildman–Crippen LogP) is 0.695. The number of nitrogens with zero attached hydrogens (tertiary/aromatic N) is 1. The van der Waals surface area contributed by atoms with Crippen molar-refractivity contribution in [2.45, 2.75) is 70.8 Å². The largest absolute Gasteiger partial charge is 0.481 e. The standard InChI is InChI=1S/C16H31BN2O5/c1-11(2)13(18)14(20)19(3)12-6-8-16(10-12,15(21)22)7-4-5-9-17(23)24/h11-13,23-24H,4-10,18H2,1-3H3,(H,21,22)/t12-,13-,16+/m0/s1. The number of unbranched alkanes of at least 4 members (excludes halogenated alkanes) is 1. The molecule has 1 aliphatic rings. The Morgan fingerprint density at radius 3 is 2.46 bits per heavy atom. The maximum absolute atomic E-state index is 12.4. The Hall–Kier alpha value is -1.12. The van der Waals surface area contributed by atoms with Crippen molar-refractivity contribution < 1.29 is 24.7 Å². The van der Waals surface area contributed by atoms with E-state index in [0.717, 1.165) is 0 Å². The van der Waals surface area contributed by atoms with E-state index in [0.29, 0.717) is 38.5 Å². The highest BCUT2D eigenvalue weighted by molar-refractivity contribution is 6.40. The van der Waals surface area contributed by atoms with Crippen molar-refractivity contribution in [1.29, 1.82) is 0 Å². The van der Waals surface area contributed by atoms with Crippen molar-refractivity contribution in [1.82, 2.24) is 4.90 Å². The molecule has 1 rings (SSSR count). The average molecular weight is 342 g/mol. The first kappa shape index (κ1) is 20.9. The summed E-state index contributed by atoms with van der Waals surface area (Å²) in [5.74, 6) is -0.932. The van der Waals surface area contributed by atoms with E-state index in [1.807, 2.05) is 13.8 Å². The second-order valence-electron chi connectivity index (χ2n) is 7.43. The average Bonchev–Trinajstić information content (AvgIpc) is 2.95. The van der Waals surface area contributed by atoms with Crippen LogP contribution in [0.5, 0.6) is 0 Å². The highest BCUT2D eigenvalue weighted by Crippen LogP contribution is 2.44. The van der Waals surface area contributed by atoms with Gasteiger partial charge in [-0.25, -0.2) is 0 Å². The summed E-state index contributed by atoms with van der Waals surface area (Å²) in [7, 11) is 0.360. The van der Waals surface area contributed by atoms with Crippen LogP contribution in [-0.4, -0.2) is 58.2 Å². The molecule has 0 aromatic rings. The van der Waals surface area contributed by atoms with Gasteiger partial charge in [-0.3, -0.25) is 9.59 Å². The van der Waals surface area contributed by atoms with Crippen molar-refractivity contribution >= 4 is 19.0 Å². The third-order valence-electron chi connectivity index (χ3n) is 5.30. The molecule has 0 spiro atoms. The van der Waals surface area contributed by atoms with Crippen LogP contribution in [0.2, 0.25) is 6.32 Å². The molecule has 7 nitrogen and oxygen atoms in total. The smallest absolute Gasteiger partial charge is 0.451 e. The van der Waals surface area contributed by atoms with Crippen molar-refractivity contribution in [3.05, 3.63) is 0 Å². The fourth-order valence-corrected chi connectivity index (χ4v) is 3.45. The molecule has 1 aliphatic carbocycles. The predicted molar refractivity (Wildman–Crippen MR) is 92.1 cm³/mol. The zero-order chi connectivity index (χ0) is 18.5. The van der Waals surface area contributed by atoms with E-state index >= 15 is 0 Å². The zero-order valence-electron chi connectivity index (χ0n) is 14.9. The summed E-state index contributed by atoms with van der Waals surface area (Å²) < 4.78 is 0. The van der Waals surface area contributed by atoms with Gasteiger partial charge in [-0.2, -0.15) is 0 Å². The highest BCUT2D eigenvalue weighted by Gasteiger charge is 2.47. The van der Waals surface area contributed by atoms with E-state index < -0.39 is 24.5 Å². The van der Waals surface area contributed by atoms with Crippen LogP contribution in [0.15, 0.2) is 0 Å². The van der Waals surface area contributed by atoms with E-state index in [1.165, 1.54) is 0 Å². The number of carboxylic acids is 1. The van der Waals surface area contributed by atoms with E-state index in [2.05, 4.69) is 0 Å². The Balaban J connectivity index is 2.66. The molecular weight excluding hydrogens is 311 g/mol. The molecule has 1 amide bonds. The van der Waals surface area contributed by atoms with Crippen LogP contribution in [0.1, 0.15) is 52.4 Å². The summed E-state index contributed by atoms with van der Waals surface area (Å²) >= 11 is 0. The quantitative estimate of drug-likeness (QED) is 0.361. The minimum Gasteiger partial charge on any atom is -0.481 e. The summed E-state index contributed by atoms with van der Waals surface area (Å²) in [6.07, 6.45) is 3.55. The molecule has 24 heavy (non-hydrogen) atoms. The molecule has 5 N–H and O–H groups in total. The molecule has 1 fully saturated rings. The lowest BCUT2D eigenvalue weighted by Gasteiger charge is -2.30. The first-order chi connectivity index (χ1) is 11.1. The third-order valence-corrected chi connectivity index (χ3v) is 5.30. The number of nitrogens with two attached hydrogens (primary N) is 1. The minimum atomic E-state index is -1.34. The number of aliphatic carboxylic acids is 1. The second-order valence-corrected chi connectivity index (χ2v) is 7.43. The Bertz CT molecular complexity index is 446. The molecule has 0 aromatic carbocycles. The van der Waals surface area contributed by atoms with Gasteiger partial charge in [0, 0.05) is 13.1 Å². The van der Waals surface area contributed by atoms with Gasteiger partial charge >= 0.3 is 13.1 Å². The van der Waals surface area contributed by atoms with Crippen molar-refractivity contribution in [2.75, 3.05) is 7.05 Å². The lowest BCUT2D eigenvalue weighted by Crippen LogP contribution is -2.48. The first-order valence-corrected chi connectivity index (χ1v) is 8.72. The lowest BCUT2D eigenvalue weighted by molar-refractivity contribution is -0.150. The van der Waals surface area contributed by atoms with Crippen LogP contribution in [0.25, 0.3) is 0 Å². The maximum atomic E-state index is 12.4. The number of carboxylic acid groups (broad SMARTS) is 1. The van der Waals surface area contributed by atoms with E-state index in [-0.39, 0.29) is 24.2 Å². The van der Waals surface area contributed by atoms with Crippen molar-refractivity contribution in [3.63, 3.8) is 0 Å². The molecule has 0 aliphatic heterocycles. The Kier molecular flexibility index (Phi) is 7.70. The van der Waals surface area contributed by atoms with Crippen molar-refractivity contribution in [2.24, 2.45) is 17.1 Å². The van der Waals surface area contributed by atoms with Crippen LogP contribution in [0, 0.1) is 11.3 Å². The Morgan fingerprint density at radius 1 is 1.33 bits per heavy atom. The molecule has 0 unspecified atom stereocenters. The van der Waals surface area contributed by atoms with Crippen LogP contribution in [0.3, 0.4) is 0 Å². The number of carbonyl (C=O) groups excluding carboxylic acids is 1. The first-order valence-electron chi connectivity index (χ1n) is 8.72. The molecule has 1 saturated carbocycles. The zero-order valence-corrected chi connectivity index (χ0v) is 14.9. The van der Waals surface area contributed by atoms with Crippen LogP contribution in [-0.2, 0) is 9.59 Å². The van der Waals surface area contributed by atoms with Gasteiger partial charge in [-0.05, 0) is 37.9 Å². The molecule has 0 bridgehead atoms. The summed E-state index contributed by atoms with van der Waals surface area (Å²) in [6, 6.07) is -0.678. The summed E-state index contributed by atoms with van der Waals surface area (Å²) in [5, 5.41) is 27.4. The summed E-state index contributed by atoms with van der Waals surface area (Å²) in [6.45, 7) is 3.78. The molecule has 3 atom stereocenters. The number of hydrogen-bond acceptors (Lipinski definition) is 5. The second kappa shape index (κ2) is 8.83. The van der Waals surface area contributed by atoms with E-state index in [4.69, 9.17) is 15.8 Å². The van der Waals surface area contributed by atoms with Gasteiger partial charge in [0.25, 0.3) is 0 Å². The molecule has 0 saturated heterocycles. The fourth-order valence-electron chi connectivity index (χ4n) is 3.45. The maximum Gasteiger partial charge on any atom is 0.451 e. The van der Waals surface area contributed by atoms with Crippen molar-refractivity contribution in [3.8, 4) is 0 Å². The van der Waals surface area contributed by atoms with E-state index in [9.17, 15) is 14.7 Å². The monoisotopic (exact) mass is 342 g/mol. The fraction of sp³-hybridized carbons (Fsp3) is 0.875. The van der Waals surface area contributed by atoms with Gasteiger partial charge in [0.2, 0.25) is 5.91 Å². The molecule has 0 aromatic heterocycles. The molecule has 138 valence electrons. The number of carbonyl (C=O) groups is 2. The lowest BCUT2D eigenvalue weighted by atomic mass is 9.78. The summed E-state index contributed by atoms with van der Waals surface area (Å²) in [4.78, 5) is 25.8. The number of rotatable bonds is 9. The van der Waals surface area contributed by atoms with Gasteiger partial charge in [-0.15, -0.1) is 0 Å². The highest BCUT2D eigenvalue weighted by atomic mass is 16.4. The molecular formula is C16H31BN2O5. The minimum absolute atomic E-state index is 0.0375. The summed E-state index contributed by atoms with van der Waals surface area (Å²) in [5.41, 5.74) is 5.10. The SMILES string of the molecule is CC(C)[C@H](N)C(=O)N(C)[C@H]1CC[C@@](CCCCB(O)O)(C(=O)O)C1. The Morgan fingerprint density at radius 2 is 1.96 bits per heavy atom. The molecule has 0 radical (unpaired) electrons. The number of likely N-dealkylation sites (N-methyl/N-ethyl adjacent to an activating group) is 1. The Labute approximate surface area is 144 Å². The third kappa shape index (κ3) is 5.19. The van der Waals surface area contributed by atoms with Crippen LogP contribution < -0.4 is 5.73 Å². The van der Waals surface area contributed by atoms with Gasteiger partial charge in [-0.1, -0.05) is 26.7 Å². The number of hydrogen-bond donors (Lipinski definition) is 4. The molecule has 0 heterocycles. The normalized spacial score (nSPS) is 24.9. The van der Waals surface area contributed by atoms with E-state index in [1.54, 1.807) is 11.9 Å². The topological polar surface area (TPSA) is 124 Å².